The maximum atomic E-state index is 11.9. The molecule has 0 fully saturated rings. The molecule has 0 aromatic heterocycles. The standard InChI is InChI=1S/C43H88NO7P/c1-5-6-7-8-9-10-11-12-13-14-15-16-17-18-19-20-21-22-23-24-25-26-27-28-29-30-31-32-33-34-35-36-37-43(46)49-40-42(45)41-51-52(47,48)50-39-38-44(2,3)4/h42,45H,5-41H2,1-4H3. The summed E-state index contributed by atoms with van der Waals surface area (Å²) in [5, 5.41) is 9.89. The number of unbranched alkanes of at least 4 members (excludes halogenated alkanes) is 31. The minimum Gasteiger partial charge on any atom is -0.756 e. The van der Waals surface area contributed by atoms with E-state index in [1.165, 1.54) is 186 Å². The normalized spacial score (nSPS) is 13.7. The number of aliphatic hydroxyl groups excluding tert-OH is 1. The van der Waals surface area contributed by atoms with Crippen molar-refractivity contribution in [1.29, 1.82) is 0 Å². The first-order valence-electron chi connectivity index (χ1n) is 22.3. The van der Waals surface area contributed by atoms with Crippen molar-refractivity contribution in [3.05, 3.63) is 0 Å². The van der Waals surface area contributed by atoms with E-state index < -0.39 is 20.5 Å². The maximum absolute atomic E-state index is 11.9. The third-order valence-electron chi connectivity index (χ3n) is 10.1. The van der Waals surface area contributed by atoms with Crippen LogP contribution in [-0.4, -0.2) is 69.2 Å². The van der Waals surface area contributed by atoms with Crippen LogP contribution in [0, 0.1) is 0 Å². The number of esters is 1. The lowest BCUT2D eigenvalue weighted by Crippen LogP contribution is -2.37. The van der Waals surface area contributed by atoms with Crippen LogP contribution in [0.3, 0.4) is 0 Å². The monoisotopic (exact) mass is 762 g/mol. The largest absolute Gasteiger partial charge is 0.756 e. The second kappa shape index (κ2) is 37.4. The molecule has 2 unspecified atom stereocenters. The van der Waals surface area contributed by atoms with E-state index in [1.807, 2.05) is 21.1 Å². The molecule has 52 heavy (non-hydrogen) atoms. The zero-order valence-corrected chi connectivity index (χ0v) is 35.9. The van der Waals surface area contributed by atoms with Gasteiger partial charge in [-0.05, 0) is 6.42 Å². The summed E-state index contributed by atoms with van der Waals surface area (Å²) in [6, 6.07) is 0. The molecule has 0 aromatic rings. The van der Waals surface area contributed by atoms with Gasteiger partial charge in [0.1, 0.15) is 25.9 Å². The Morgan fingerprint density at radius 3 is 1.15 bits per heavy atom. The van der Waals surface area contributed by atoms with Crippen LogP contribution in [0.2, 0.25) is 0 Å². The van der Waals surface area contributed by atoms with Gasteiger partial charge < -0.3 is 28.3 Å². The van der Waals surface area contributed by atoms with E-state index in [-0.39, 0.29) is 19.2 Å². The minimum absolute atomic E-state index is 0.00487. The molecule has 0 heterocycles. The number of phosphoric ester groups is 1. The van der Waals surface area contributed by atoms with Crippen LogP contribution < -0.4 is 4.89 Å². The van der Waals surface area contributed by atoms with Crippen molar-refractivity contribution in [2.45, 2.75) is 225 Å². The van der Waals surface area contributed by atoms with Crippen molar-refractivity contribution >= 4 is 13.8 Å². The number of carbonyl (C=O) groups is 1. The van der Waals surface area contributed by atoms with Crippen LogP contribution >= 0.6 is 7.82 Å². The zero-order valence-electron chi connectivity index (χ0n) is 35.0. The highest BCUT2D eigenvalue weighted by Gasteiger charge is 2.17. The smallest absolute Gasteiger partial charge is 0.305 e. The Hall–Kier alpha value is -0.500. The van der Waals surface area contributed by atoms with Crippen molar-refractivity contribution in [3.8, 4) is 0 Å². The van der Waals surface area contributed by atoms with Crippen LogP contribution in [0.15, 0.2) is 0 Å². The molecular formula is C43H88NO7P. The SMILES string of the molecule is CCCCCCCCCCCCCCCCCCCCCCCCCCCCCCCCCCC(=O)OCC(O)COP(=O)([O-])OCC[N+](C)(C)C. The predicted molar refractivity (Wildman–Crippen MR) is 217 cm³/mol. The van der Waals surface area contributed by atoms with Crippen molar-refractivity contribution in [2.24, 2.45) is 0 Å². The quantitative estimate of drug-likeness (QED) is 0.0286. The summed E-state index contributed by atoms with van der Waals surface area (Å²) in [7, 11) is 1.26. The first-order chi connectivity index (χ1) is 25.1. The molecule has 1 N–H and O–H groups in total. The fraction of sp³-hybridized carbons (Fsp3) is 0.977. The number of carbonyl (C=O) groups excluding carboxylic acids is 1. The molecular weight excluding hydrogens is 673 g/mol. The van der Waals surface area contributed by atoms with E-state index in [4.69, 9.17) is 13.8 Å². The summed E-state index contributed by atoms with van der Waals surface area (Å²) in [5.41, 5.74) is 0. The lowest BCUT2D eigenvalue weighted by atomic mass is 10.0. The maximum Gasteiger partial charge on any atom is 0.305 e. The summed E-state index contributed by atoms with van der Waals surface area (Å²) >= 11 is 0. The van der Waals surface area contributed by atoms with Gasteiger partial charge in [0.05, 0.1) is 27.7 Å². The second-order valence-electron chi connectivity index (χ2n) is 16.6. The molecule has 0 aliphatic rings. The van der Waals surface area contributed by atoms with E-state index in [2.05, 4.69) is 6.92 Å². The van der Waals surface area contributed by atoms with E-state index >= 15 is 0 Å². The summed E-state index contributed by atoms with van der Waals surface area (Å²) in [6.45, 7) is 1.99. The molecule has 0 spiro atoms. The molecule has 0 saturated carbocycles. The Labute approximate surface area is 323 Å². The molecule has 0 aromatic carbocycles. The van der Waals surface area contributed by atoms with Crippen molar-refractivity contribution in [2.75, 3.05) is 47.5 Å². The summed E-state index contributed by atoms with van der Waals surface area (Å²) in [5.74, 6) is -0.380. The average molecular weight is 762 g/mol. The topological polar surface area (TPSA) is 105 Å². The fourth-order valence-corrected chi connectivity index (χ4v) is 7.33. The summed E-state index contributed by atoms with van der Waals surface area (Å²) < 4.78 is 26.9. The van der Waals surface area contributed by atoms with Gasteiger partial charge in [0, 0.05) is 6.42 Å². The molecule has 0 amide bonds. The highest BCUT2D eigenvalue weighted by Crippen LogP contribution is 2.38. The van der Waals surface area contributed by atoms with Gasteiger partial charge in [-0.15, -0.1) is 0 Å². The number of phosphoric acid groups is 1. The highest BCUT2D eigenvalue weighted by molar-refractivity contribution is 7.45. The van der Waals surface area contributed by atoms with Gasteiger partial charge in [-0.25, -0.2) is 0 Å². The van der Waals surface area contributed by atoms with Crippen LogP contribution in [0.25, 0.3) is 0 Å². The van der Waals surface area contributed by atoms with Gasteiger partial charge in [0.2, 0.25) is 0 Å². The Balaban J connectivity index is 3.29. The number of nitrogens with zero attached hydrogens (tertiary/aromatic N) is 1. The van der Waals surface area contributed by atoms with E-state index in [0.717, 1.165) is 19.3 Å². The molecule has 9 heteroatoms. The molecule has 0 saturated heterocycles. The number of rotatable bonds is 42. The van der Waals surface area contributed by atoms with E-state index in [0.29, 0.717) is 17.4 Å². The van der Waals surface area contributed by atoms with Gasteiger partial charge in [0.15, 0.2) is 0 Å². The number of likely N-dealkylation sites (N-methyl/N-ethyl adjacent to an activating group) is 1. The van der Waals surface area contributed by atoms with Gasteiger partial charge in [-0.1, -0.05) is 206 Å². The molecule has 312 valence electrons. The summed E-state index contributed by atoms with van der Waals surface area (Å²) in [6.07, 6.45) is 43.0. The van der Waals surface area contributed by atoms with E-state index in [1.54, 1.807) is 0 Å². The van der Waals surface area contributed by atoms with Crippen LogP contribution in [0.5, 0.6) is 0 Å². The molecule has 0 aliphatic carbocycles. The van der Waals surface area contributed by atoms with Crippen molar-refractivity contribution < 1.29 is 37.6 Å². The average Bonchev–Trinajstić information content (AvgIpc) is 3.09. The van der Waals surface area contributed by atoms with Crippen LogP contribution in [0.1, 0.15) is 219 Å². The molecule has 2 atom stereocenters. The van der Waals surface area contributed by atoms with Gasteiger partial charge >= 0.3 is 5.97 Å². The van der Waals surface area contributed by atoms with E-state index in [9.17, 15) is 19.4 Å². The predicted octanol–water partition coefficient (Wildman–Crippen LogP) is 12.0. The third-order valence-corrected chi connectivity index (χ3v) is 11.1. The molecule has 0 aliphatic heterocycles. The first-order valence-corrected chi connectivity index (χ1v) is 23.8. The summed E-state index contributed by atoms with van der Waals surface area (Å²) in [4.78, 5) is 23.7. The first kappa shape index (κ1) is 51.5. The molecule has 0 radical (unpaired) electrons. The molecule has 0 bridgehead atoms. The number of ether oxygens (including phenoxy) is 1. The molecule has 0 rings (SSSR count). The fourth-order valence-electron chi connectivity index (χ4n) is 6.60. The highest BCUT2D eigenvalue weighted by atomic mass is 31.2. The van der Waals surface area contributed by atoms with Gasteiger partial charge in [0.25, 0.3) is 7.82 Å². The van der Waals surface area contributed by atoms with Crippen LogP contribution in [0.4, 0.5) is 0 Å². The Bertz CT molecular complexity index is 807. The zero-order chi connectivity index (χ0) is 38.4. The number of hydrogen-bond acceptors (Lipinski definition) is 7. The number of quaternary nitrogens is 1. The second-order valence-corrected chi connectivity index (χ2v) is 18.0. The van der Waals surface area contributed by atoms with Gasteiger partial charge in [-0.2, -0.15) is 0 Å². The van der Waals surface area contributed by atoms with Gasteiger partial charge in [-0.3, -0.25) is 9.36 Å². The Morgan fingerprint density at radius 2 is 0.846 bits per heavy atom. The lowest BCUT2D eigenvalue weighted by molar-refractivity contribution is -0.870. The number of hydrogen-bond donors (Lipinski definition) is 1. The lowest BCUT2D eigenvalue weighted by Gasteiger charge is -2.27. The third kappa shape index (κ3) is 42.2. The van der Waals surface area contributed by atoms with Crippen molar-refractivity contribution in [1.82, 2.24) is 0 Å². The minimum atomic E-state index is -4.50. The molecule has 8 nitrogen and oxygen atoms in total. The Morgan fingerprint density at radius 1 is 0.538 bits per heavy atom. The number of aliphatic hydroxyl groups is 1. The van der Waals surface area contributed by atoms with Crippen LogP contribution in [-0.2, 0) is 23.1 Å². The Kier molecular flexibility index (Phi) is 37.1. The van der Waals surface area contributed by atoms with Crippen molar-refractivity contribution in [3.63, 3.8) is 0 Å².